The van der Waals surface area contributed by atoms with Gasteiger partial charge < -0.3 is 15.7 Å². The first kappa shape index (κ1) is 14.5. The molecule has 6 heteroatoms. The molecule has 5 nitrogen and oxygen atoms in total. The summed E-state index contributed by atoms with van der Waals surface area (Å²) in [5.41, 5.74) is 0.378. The molecule has 2 rings (SSSR count). The molecule has 106 valence electrons. The number of phenols is 1. The number of carbonyl (C=O) groups is 2. The van der Waals surface area contributed by atoms with E-state index in [2.05, 4.69) is 10.6 Å². The molecule has 0 spiro atoms. The van der Waals surface area contributed by atoms with E-state index in [1.54, 1.807) is 24.3 Å². The molecule has 2 amide bonds. The maximum Gasteiger partial charge on any atom is 0.239 e. The highest BCUT2D eigenvalue weighted by Gasteiger charge is 2.43. The molecule has 20 heavy (non-hydrogen) atoms. The van der Waals surface area contributed by atoms with Crippen LogP contribution in [0.1, 0.15) is 19.4 Å². The van der Waals surface area contributed by atoms with Gasteiger partial charge in [-0.15, -0.1) is 0 Å². The molecule has 0 unspecified atom stereocenters. The summed E-state index contributed by atoms with van der Waals surface area (Å²) < 4.78 is 0. The summed E-state index contributed by atoms with van der Waals surface area (Å²) in [5.74, 6) is -1.36. The summed E-state index contributed by atoms with van der Waals surface area (Å²) in [7, 11) is 0. The zero-order valence-electron chi connectivity index (χ0n) is 11.3. The Balaban J connectivity index is 2.20. The van der Waals surface area contributed by atoms with Gasteiger partial charge in [0.1, 0.15) is 11.7 Å². The second-order valence-electron chi connectivity index (χ2n) is 5.57. The maximum atomic E-state index is 12.0. The Morgan fingerprint density at radius 2 is 1.65 bits per heavy atom. The van der Waals surface area contributed by atoms with Crippen LogP contribution in [-0.2, 0) is 16.0 Å². The van der Waals surface area contributed by atoms with E-state index in [0.29, 0.717) is 6.42 Å². The van der Waals surface area contributed by atoms with Crippen molar-refractivity contribution < 1.29 is 14.7 Å². The van der Waals surface area contributed by atoms with Crippen LogP contribution in [0, 0.1) is 11.3 Å². The van der Waals surface area contributed by atoms with Crippen LogP contribution >= 0.6 is 12.2 Å². The minimum Gasteiger partial charge on any atom is -0.508 e. The Morgan fingerprint density at radius 1 is 1.15 bits per heavy atom. The molecule has 0 bridgehead atoms. The van der Waals surface area contributed by atoms with Crippen molar-refractivity contribution in [2.75, 3.05) is 0 Å². The Labute approximate surface area is 122 Å². The van der Waals surface area contributed by atoms with E-state index in [9.17, 15) is 14.7 Å². The van der Waals surface area contributed by atoms with Crippen LogP contribution in [0.3, 0.4) is 0 Å². The molecule has 0 saturated carbocycles. The fourth-order valence-electron chi connectivity index (χ4n) is 2.47. The number of benzene rings is 1. The molecule has 1 aliphatic rings. The summed E-state index contributed by atoms with van der Waals surface area (Å²) >= 11 is 4.79. The third-order valence-electron chi connectivity index (χ3n) is 3.38. The minimum atomic E-state index is -0.803. The molecule has 1 fully saturated rings. The molecule has 0 aromatic heterocycles. The van der Waals surface area contributed by atoms with E-state index < -0.39 is 11.3 Å². The zero-order valence-corrected chi connectivity index (χ0v) is 12.1. The summed E-state index contributed by atoms with van der Waals surface area (Å²) in [6, 6.07) is 6.73. The normalized spacial score (nSPS) is 16.8. The van der Waals surface area contributed by atoms with Gasteiger partial charge in [0.15, 0.2) is 5.11 Å². The van der Waals surface area contributed by atoms with Gasteiger partial charge in [-0.25, -0.2) is 0 Å². The predicted octanol–water partition coefficient (Wildman–Crippen LogP) is 1.11. The van der Waals surface area contributed by atoms with Crippen molar-refractivity contribution in [3.8, 4) is 5.75 Å². The second kappa shape index (κ2) is 5.20. The topological polar surface area (TPSA) is 78.4 Å². The molecular weight excluding hydrogens is 276 g/mol. The van der Waals surface area contributed by atoms with Gasteiger partial charge in [-0.2, -0.15) is 0 Å². The van der Waals surface area contributed by atoms with Crippen molar-refractivity contribution in [2.45, 2.75) is 20.3 Å². The zero-order chi connectivity index (χ0) is 14.9. The maximum absolute atomic E-state index is 12.0. The molecule has 1 saturated heterocycles. The third-order valence-corrected chi connectivity index (χ3v) is 3.58. The monoisotopic (exact) mass is 292 g/mol. The van der Waals surface area contributed by atoms with E-state index in [0.717, 1.165) is 5.56 Å². The number of thiocarbonyl (C=S) groups is 1. The molecule has 3 N–H and O–H groups in total. The van der Waals surface area contributed by atoms with E-state index in [-0.39, 0.29) is 22.7 Å². The standard InChI is InChI=1S/C14H16N2O3S/c1-14(2,7-8-3-5-9(17)6-4-8)10-11(18)15-13(20)16-12(10)19/h3-6,10,17H,7H2,1-2H3,(H2,15,16,18,19,20). The van der Waals surface area contributed by atoms with Gasteiger partial charge in [0.2, 0.25) is 11.8 Å². The lowest BCUT2D eigenvalue weighted by molar-refractivity contribution is -0.140. The highest BCUT2D eigenvalue weighted by molar-refractivity contribution is 7.80. The van der Waals surface area contributed by atoms with Crippen LogP contribution in [0.2, 0.25) is 0 Å². The first-order chi connectivity index (χ1) is 9.29. The Bertz CT molecular complexity index is 546. The first-order valence-electron chi connectivity index (χ1n) is 6.23. The summed E-state index contributed by atoms with van der Waals surface area (Å²) in [6.45, 7) is 3.72. The van der Waals surface area contributed by atoms with Gasteiger partial charge in [0.05, 0.1) is 0 Å². The second-order valence-corrected chi connectivity index (χ2v) is 5.98. The van der Waals surface area contributed by atoms with Crippen LogP contribution in [0.5, 0.6) is 5.75 Å². The summed E-state index contributed by atoms with van der Waals surface area (Å²) in [6.07, 6.45) is 0.533. The number of aromatic hydroxyl groups is 1. The number of hydrogen-bond acceptors (Lipinski definition) is 4. The molecule has 0 radical (unpaired) electrons. The predicted molar refractivity (Wildman–Crippen MR) is 78.0 cm³/mol. The van der Waals surface area contributed by atoms with Crippen molar-refractivity contribution in [2.24, 2.45) is 11.3 Å². The summed E-state index contributed by atoms with van der Waals surface area (Å²) in [4.78, 5) is 24.0. The number of hydrogen-bond donors (Lipinski definition) is 3. The van der Waals surface area contributed by atoms with Crippen molar-refractivity contribution in [1.29, 1.82) is 0 Å². The molecule has 1 aromatic rings. The van der Waals surface area contributed by atoms with E-state index >= 15 is 0 Å². The summed E-state index contributed by atoms with van der Waals surface area (Å²) in [5, 5.41) is 14.3. The highest BCUT2D eigenvalue weighted by Crippen LogP contribution is 2.33. The van der Waals surface area contributed by atoms with Crippen LogP contribution in [0.15, 0.2) is 24.3 Å². The van der Waals surface area contributed by atoms with Crippen LogP contribution in [-0.4, -0.2) is 22.0 Å². The average Bonchev–Trinajstić information content (AvgIpc) is 2.30. The lowest BCUT2D eigenvalue weighted by Gasteiger charge is -2.35. The molecular formula is C14H16N2O3S. The molecule has 1 heterocycles. The number of rotatable bonds is 3. The van der Waals surface area contributed by atoms with Gasteiger partial charge in [0, 0.05) is 0 Å². The Kier molecular flexibility index (Phi) is 3.76. The minimum absolute atomic E-state index is 0.0525. The van der Waals surface area contributed by atoms with Crippen molar-refractivity contribution >= 4 is 29.1 Å². The SMILES string of the molecule is CC(C)(Cc1ccc(O)cc1)C1C(=O)NC(=S)NC1=O. The van der Waals surface area contributed by atoms with E-state index in [4.69, 9.17) is 12.2 Å². The van der Waals surface area contributed by atoms with Gasteiger partial charge in [-0.3, -0.25) is 9.59 Å². The van der Waals surface area contributed by atoms with Gasteiger partial charge in [-0.05, 0) is 41.7 Å². The lowest BCUT2D eigenvalue weighted by Crippen LogP contribution is -2.59. The largest absolute Gasteiger partial charge is 0.508 e. The number of phenolic OH excluding ortho intramolecular Hbond substituents is 1. The smallest absolute Gasteiger partial charge is 0.239 e. The van der Waals surface area contributed by atoms with Gasteiger partial charge >= 0.3 is 0 Å². The molecule has 1 aliphatic heterocycles. The molecule has 1 aromatic carbocycles. The molecule has 0 aliphatic carbocycles. The van der Waals surface area contributed by atoms with Crippen molar-refractivity contribution in [3.05, 3.63) is 29.8 Å². The number of amides is 2. The highest BCUT2D eigenvalue weighted by atomic mass is 32.1. The van der Waals surface area contributed by atoms with Gasteiger partial charge in [0.25, 0.3) is 0 Å². The Hall–Kier alpha value is -1.95. The number of nitrogens with one attached hydrogen (secondary N) is 2. The van der Waals surface area contributed by atoms with Crippen molar-refractivity contribution in [1.82, 2.24) is 10.6 Å². The fourth-order valence-corrected chi connectivity index (χ4v) is 2.67. The third kappa shape index (κ3) is 2.96. The van der Waals surface area contributed by atoms with Crippen LogP contribution in [0.4, 0.5) is 0 Å². The lowest BCUT2D eigenvalue weighted by atomic mass is 9.73. The van der Waals surface area contributed by atoms with E-state index in [1.165, 1.54) is 0 Å². The first-order valence-corrected chi connectivity index (χ1v) is 6.64. The van der Waals surface area contributed by atoms with Crippen molar-refractivity contribution in [3.63, 3.8) is 0 Å². The number of carbonyl (C=O) groups excluding carboxylic acids is 2. The Morgan fingerprint density at radius 3 is 2.15 bits per heavy atom. The average molecular weight is 292 g/mol. The van der Waals surface area contributed by atoms with Gasteiger partial charge in [-0.1, -0.05) is 26.0 Å². The molecule has 0 atom stereocenters. The van der Waals surface area contributed by atoms with Crippen LogP contribution in [0.25, 0.3) is 0 Å². The van der Waals surface area contributed by atoms with E-state index in [1.807, 2.05) is 13.8 Å². The fraction of sp³-hybridized carbons (Fsp3) is 0.357. The quantitative estimate of drug-likeness (QED) is 0.576. The van der Waals surface area contributed by atoms with Crippen LogP contribution < -0.4 is 10.6 Å².